The molecule has 1 aromatic rings. The lowest BCUT2D eigenvalue weighted by molar-refractivity contribution is -0.124. The van der Waals surface area contributed by atoms with E-state index in [-0.39, 0.29) is 29.9 Å². The molecule has 0 aliphatic carbocycles. The fraction of sp³-hybridized carbons (Fsp3) is 0.429. The van der Waals surface area contributed by atoms with E-state index < -0.39 is 15.8 Å². The summed E-state index contributed by atoms with van der Waals surface area (Å²) in [4.78, 5) is 23.2. The molecule has 0 aliphatic rings. The number of rotatable bonds is 6. The van der Waals surface area contributed by atoms with Gasteiger partial charge in [0.25, 0.3) is 5.91 Å². The normalized spacial score (nSPS) is 11.2. The molecule has 0 atom stereocenters. The van der Waals surface area contributed by atoms with Crippen molar-refractivity contribution in [1.82, 2.24) is 5.32 Å². The summed E-state index contributed by atoms with van der Waals surface area (Å²) in [5, 5.41) is 2.60. The predicted molar refractivity (Wildman–Crippen MR) is 78.6 cm³/mol. The van der Waals surface area contributed by atoms with Gasteiger partial charge in [-0.05, 0) is 31.5 Å². The second-order valence-electron chi connectivity index (χ2n) is 5.07. The Morgan fingerprint density at radius 2 is 1.95 bits per heavy atom. The third kappa shape index (κ3) is 6.89. The van der Waals surface area contributed by atoms with Gasteiger partial charge in [-0.2, -0.15) is 0 Å². The maximum absolute atomic E-state index is 11.8. The van der Waals surface area contributed by atoms with Gasteiger partial charge >= 0.3 is 5.97 Å². The van der Waals surface area contributed by atoms with Gasteiger partial charge in [-0.25, -0.2) is 13.2 Å². The summed E-state index contributed by atoms with van der Waals surface area (Å²) in [6.07, 6.45) is 1.12. The zero-order valence-corrected chi connectivity index (χ0v) is 13.1. The van der Waals surface area contributed by atoms with E-state index in [1.807, 2.05) is 0 Å². The highest BCUT2D eigenvalue weighted by Gasteiger charge is 2.12. The van der Waals surface area contributed by atoms with E-state index in [2.05, 4.69) is 5.32 Å². The first-order valence-electron chi connectivity index (χ1n) is 6.40. The summed E-state index contributed by atoms with van der Waals surface area (Å²) in [6.45, 7) is 3.23. The number of carbonyl (C=O) groups is 2. The summed E-state index contributed by atoms with van der Waals surface area (Å²) < 4.78 is 27.3. The van der Waals surface area contributed by atoms with Gasteiger partial charge in [0.05, 0.1) is 11.3 Å². The van der Waals surface area contributed by atoms with E-state index in [1.165, 1.54) is 12.1 Å². The Kier molecular flexibility index (Phi) is 5.90. The highest BCUT2D eigenvalue weighted by atomic mass is 32.2. The molecular formula is C14H19NO5S. The van der Waals surface area contributed by atoms with Crippen molar-refractivity contribution in [3.05, 3.63) is 35.4 Å². The molecule has 1 N–H and O–H groups in total. The van der Waals surface area contributed by atoms with Crippen LogP contribution in [0, 0.1) is 0 Å². The van der Waals surface area contributed by atoms with Crippen LogP contribution < -0.4 is 5.32 Å². The van der Waals surface area contributed by atoms with Gasteiger partial charge in [0.2, 0.25) is 0 Å². The van der Waals surface area contributed by atoms with Crippen molar-refractivity contribution in [3.63, 3.8) is 0 Å². The summed E-state index contributed by atoms with van der Waals surface area (Å²) in [7, 11) is -3.18. The predicted octanol–water partition coefficient (Wildman–Crippen LogP) is 0.913. The van der Waals surface area contributed by atoms with Gasteiger partial charge in [0.1, 0.15) is 0 Å². The molecule has 0 heterocycles. The van der Waals surface area contributed by atoms with Crippen LogP contribution in [-0.4, -0.2) is 39.2 Å². The molecule has 0 radical (unpaired) electrons. The number of sulfone groups is 1. The molecule has 0 saturated carbocycles. The standard InChI is InChI=1S/C14H19NO5S/c1-10(2)15-13(16)8-20-14(17)12-6-4-5-11(7-12)9-21(3,18)19/h4-7,10H,8-9H2,1-3H3,(H,15,16). The van der Waals surface area contributed by atoms with Crippen LogP contribution in [0.2, 0.25) is 0 Å². The second kappa shape index (κ2) is 7.21. The van der Waals surface area contributed by atoms with E-state index >= 15 is 0 Å². The molecule has 1 rings (SSSR count). The fourth-order valence-corrected chi connectivity index (χ4v) is 2.45. The Morgan fingerprint density at radius 1 is 1.29 bits per heavy atom. The van der Waals surface area contributed by atoms with Crippen LogP contribution in [0.5, 0.6) is 0 Å². The van der Waals surface area contributed by atoms with Crippen molar-refractivity contribution in [2.45, 2.75) is 25.6 Å². The topological polar surface area (TPSA) is 89.5 Å². The number of hydrogen-bond acceptors (Lipinski definition) is 5. The maximum atomic E-state index is 11.8. The van der Waals surface area contributed by atoms with Gasteiger partial charge in [-0.3, -0.25) is 4.79 Å². The van der Waals surface area contributed by atoms with E-state index in [0.29, 0.717) is 5.56 Å². The minimum absolute atomic E-state index is 0.0331. The molecule has 7 heteroatoms. The van der Waals surface area contributed by atoms with Gasteiger partial charge in [-0.1, -0.05) is 12.1 Å². The largest absolute Gasteiger partial charge is 0.452 e. The maximum Gasteiger partial charge on any atom is 0.338 e. The molecule has 21 heavy (non-hydrogen) atoms. The lowest BCUT2D eigenvalue weighted by Gasteiger charge is -2.09. The minimum Gasteiger partial charge on any atom is -0.452 e. The average Bonchev–Trinajstić information content (AvgIpc) is 2.33. The van der Waals surface area contributed by atoms with Gasteiger partial charge in [0, 0.05) is 12.3 Å². The first-order valence-corrected chi connectivity index (χ1v) is 8.46. The van der Waals surface area contributed by atoms with Crippen molar-refractivity contribution in [2.75, 3.05) is 12.9 Å². The SMILES string of the molecule is CC(C)NC(=O)COC(=O)c1cccc(CS(C)(=O)=O)c1. The van der Waals surface area contributed by atoms with Gasteiger partial charge < -0.3 is 10.1 Å². The van der Waals surface area contributed by atoms with Crippen LogP contribution in [-0.2, 0) is 25.1 Å². The highest BCUT2D eigenvalue weighted by molar-refractivity contribution is 7.89. The number of nitrogens with one attached hydrogen (secondary N) is 1. The third-order valence-electron chi connectivity index (χ3n) is 2.38. The Labute approximate surface area is 124 Å². The van der Waals surface area contributed by atoms with E-state index in [0.717, 1.165) is 6.26 Å². The fourth-order valence-electron chi connectivity index (χ4n) is 1.67. The van der Waals surface area contributed by atoms with Crippen molar-refractivity contribution < 1.29 is 22.7 Å². The Morgan fingerprint density at radius 3 is 2.52 bits per heavy atom. The summed E-state index contributed by atoms with van der Waals surface area (Å²) in [5.74, 6) is -1.20. The lowest BCUT2D eigenvalue weighted by atomic mass is 10.1. The quantitative estimate of drug-likeness (QED) is 0.789. The summed E-state index contributed by atoms with van der Waals surface area (Å²) in [5.41, 5.74) is 0.715. The molecule has 0 unspecified atom stereocenters. The lowest BCUT2D eigenvalue weighted by Crippen LogP contribution is -2.33. The molecular weight excluding hydrogens is 294 g/mol. The van der Waals surface area contributed by atoms with Crippen LogP contribution in [0.15, 0.2) is 24.3 Å². The molecule has 1 aromatic carbocycles. The molecule has 0 bridgehead atoms. The number of benzene rings is 1. The summed E-state index contributed by atoms with van der Waals surface area (Å²) >= 11 is 0. The van der Waals surface area contributed by atoms with E-state index in [9.17, 15) is 18.0 Å². The molecule has 6 nitrogen and oxygen atoms in total. The number of esters is 1. The number of hydrogen-bond donors (Lipinski definition) is 1. The average molecular weight is 313 g/mol. The Bertz CT molecular complexity index is 622. The number of ether oxygens (including phenoxy) is 1. The van der Waals surface area contributed by atoms with E-state index in [1.54, 1.807) is 26.0 Å². The Balaban J connectivity index is 2.66. The van der Waals surface area contributed by atoms with Crippen LogP contribution in [0.1, 0.15) is 29.8 Å². The Hall–Kier alpha value is -1.89. The van der Waals surface area contributed by atoms with Crippen molar-refractivity contribution in [1.29, 1.82) is 0 Å². The zero-order valence-electron chi connectivity index (χ0n) is 12.3. The molecule has 0 fully saturated rings. The third-order valence-corrected chi connectivity index (χ3v) is 3.23. The minimum atomic E-state index is -3.18. The van der Waals surface area contributed by atoms with Crippen molar-refractivity contribution in [2.24, 2.45) is 0 Å². The first-order chi connectivity index (χ1) is 9.67. The van der Waals surface area contributed by atoms with Gasteiger partial charge in [-0.15, -0.1) is 0 Å². The molecule has 116 valence electrons. The molecule has 0 saturated heterocycles. The molecule has 0 aliphatic heterocycles. The summed E-state index contributed by atoms with van der Waals surface area (Å²) in [6, 6.07) is 6.11. The number of carbonyl (C=O) groups excluding carboxylic acids is 2. The first kappa shape index (κ1) is 17.2. The highest BCUT2D eigenvalue weighted by Crippen LogP contribution is 2.10. The number of amides is 1. The van der Waals surface area contributed by atoms with Crippen molar-refractivity contribution in [3.8, 4) is 0 Å². The van der Waals surface area contributed by atoms with Crippen molar-refractivity contribution >= 4 is 21.7 Å². The molecule has 1 amide bonds. The van der Waals surface area contributed by atoms with Gasteiger partial charge in [0.15, 0.2) is 16.4 Å². The van der Waals surface area contributed by atoms with Crippen LogP contribution in [0.4, 0.5) is 0 Å². The monoisotopic (exact) mass is 313 g/mol. The van der Waals surface area contributed by atoms with Crippen LogP contribution in [0.25, 0.3) is 0 Å². The molecule has 0 spiro atoms. The van der Waals surface area contributed by atoms with Crippen LogP contribution >= 0.6 is 0 Å². The zero-order chi connectivity index (χ0) is 16.0. The second-order valence-corrected chi connectivity index (χ2v) is 7.21. The van der Waals surface area contributed by atoms with E-state index in [4.69, 9.17) is 4.74 Å². The van der Waals surface area contributed by atoms with Crippen LogP contribution in [0.3, 0.4) is 0 Å². The molecule has 0 aromatic heterocycles. The smallest absolute Gasteiger partial charge is 0.338 e.